The molecule has 0 bridgehead atoms. The summed E-state index contributed by atoms with van der Waals surface area (Å²) >= 11 is 5.49. The fourth-order valence-electron chi connectivity index (χ4n) is 3.71. The first-order valence-corrected chi connectivity index (χ1v) is 12.7. The van der Waals surface area contributed by atoms with Crippen LogP contribution in [0.5, 0.6) is 5.75 Å². The first-order valence-electron chi connectivity index (χ1n) is 12.3. The van der Waals surface area contributed by atoms with Crippen molar-refractivity contribution in [3.05, 3.63) is 70.9 Å². The SMILES string of the molecule is CCCCOc1ccc(C(=O)Nc2cccc([C@@H]3NC(=S)N(C)C(C)=C3C(=O)OCC(C)C)c2)cc1. The number of hydrogen-bond acceptors (Lipinski definition) is 5. The number of nitrogens with zero attached hydrogens (tertiary/aromatic N) is 1. The lowest BCUT2D eigenvalue weighted by atomic mass is 9.94. The van der Waals surface area contributed by atoms with E-state index in [2.05, 4.69) is 17.6 Å². The van der Waals surface area contributed by atoms with Gasteiger partial charge in [-0.15, -0.1) is 0 Å². The predicted octanol–water partition coefficient (Wildman–Crippen LogP) is 5.45. The topological polar surface area (TPSA) is 79.9 Å². The second-order valence-electron chi connectivity index (χ2n) is 9.24. The lowest BCUT2D eigenvalue weighted by Gasteiger charge is -2.35. The van der Waals surface area contributed by atoms with Gasteiger partial charge < -0.3 is 25.0 Å². The Kier molecular flexibility index (Phi) is 9.47. The van der Waals surface area contributed by atoms with Crippen molar-refractivity contribution in [1.29, 1.82) is 0 Å². The fraction of sp³-hybridized carbons (Fsp3) is 0.393. The Morgan fingerprint density at radius 2 is 1.89 bits per heavy atom. The highest BCUT2D eigenvalue weighted by Crippen LogP contribution is 2.32. The summed E-state index contributed by atoms with van der Waals surface area (Å²) < 4.78 is 11.2. The van der Waals surface area contributed by atoms with Gasteiger partial charge in [0, 0.05) is 24.0 Å². The van der Waals surface area contributed by atoms with Crippen LogP contribution in [-0.4, -0.2) is 42.2 Å². The molecule has 0 aliphatic carbocycles. The Labute approximate surface area is 218 Å². The summed E-state index contributed by atoms with van der Waals surface area (Å²) in [7, 11) is 1.81. The van der Waals surface area contributed by atoms with Gasteiger partial charge in [-0.05, 0) is 73.4 Å². The van der Waals surface area contributed by atoms with Crippen molar-refractivity contribution in [2.75, 3.05) is 25.6 Å². The molecule has 2 aromatic rings. The quantitative estimate of drug-likeness (QED) is 0.250. The van der Waals surface area contributed by atoms with E-state index < -0.39 is 6.04 Å². The molecule has 1 aliphatic heterocycles. The normalized spacial score (nSPS) is 15.6. The summed E-state index contributed by atoms with van der Waals surface area (Å²) in [6, 6.07) is 14.0. The largest absolute Gasteiger partial charge is 0.494 e. The Morgan fingerprint density at radius 1 is 1.17 bits per heavy atom. The average Bonchev–Trinajstić information content (AvgIpc) is 2.86. The molecule has 0 aromatic heterocycles. The summed E-state index contributed by atoms with van der Waals surface area (Å²) in [4.78, 5) is 27.7. The van der Waals surface area contributed by atoms with E-state index in [0.717, 1.165) is 29.9 Å². The van der Waals surface area contributed by atoms with Crippen LogP contribution in [0.15, 0.2) is 59.8 Å². The molecule has 0 spiro atoms. The number of hydrogen-bond donors (Lipinski definition) is 2. The highest BCUT2D eigenvalue weighted by molar-refractivity contribution is 7.80. The molecular formula is C28H35N3O4S. The van der Waals surface area contributed by atoms with Crippen LogP contribution < -0.4 is 15.4 Å². The van der Waals surface area contributed by atoms with Crippen LogP contribution in [0.3, 0.4) is 0 Å². The third-order valence-corrected chi connectivity index (χ3v) is 6.27. The van der Waals surface area contributed by atoms with E-state index in [9.17, 15) is 9.59 Å². The minimum atomic E-state index is -0.496. The van der Waals surface area contributed by atoms with Crippen LogP contribution in [0.4, 0.5) is 5.69 Å². The van der Waals surface area contributed by atoms with Crippen LogP contribution in [0.25, 0.3) is 0 Å². The Balaban J connectivity index is 1.79. The number of ether oxygens (including phenoxy) is 2. The zero-order valence-electron chi connectivity index (χ0n) is 21.6. The Hall–Kier alpha value is -3.39. The molecule has 0 radical (unpaired) electrons. The zero-order chi connectivity index (χ0) is 26.2. The van der Waals surface area contributed by atoms with Crippen LogP contribution in [0.1, 0.15) is 62.5 Å². The van der Waals surface area contributed by atoms with E-state index in [1.165, 1.54) is 0 Å². The molecule has 1 aliphatic rings. The van der Waals surface area contributed by atoms with Crippen molar-refractivity contribution in [3.8, 4) is 5.75 Å². The number of anilines is 1. The van der Waals surface area contributed by atoms with Crippen LogP contribution >= 0.6 is 12.2 Å². The molecule has 2 N–H and O–H groups in total. The number of amides is 1. The molecule has 0 fully saturated rings. The molecule has 0 unspecified atom stereocenters. The van der Waals surface area contributed by atoms with E-state index in [1.807, 2.05) is 52.1 Å². The lowest BCUT2D eigenvalue weighted by Crippen LogP contribution is -2.46. The van der Waals surface area contributed by atoms with E-state index in [0.29, 0.717) is 35.2 Å². The first kappa shape index (κ1) is 27.2. The van der Waals surface area contributed by atoms with Crippen LogP contribution in [0, 0.1) is 5.92 Å². The monoisotopic (exact) mass is 509 g/mol. The molecular weight excluding hydrogens is 474 g/mol. The average molecular weight is 510 g/mol. The highest BCUT2D eigenvalue weighted by atomic mass is 32.1. The number of carbonyl (C=O) groups is 2. The van der Waals surface area contributed by atoms with Crippen molar-refractivity contribution in [2.24, 2.45) is 5.92 Å². The minimum Gasteiger partial charge on any atom is -0.494 e. The van der Waals surface area contributed by atoms with Gasteiger partial charge in [0.2, 0.25) is 0 Å². The molecule has 192 valence electrons. The smallest absolute Gasteiger partial charge is 0.338 e. The molecule has 36 heavy (non-hydrogen) atoms. The molecule has 1 amide bonds. The summed E-state index contributed by atoms with van der Waals surface area (Å²) in [6.45, 7) is 8.93. The number of esters is 1. The fourth-order valence-corrected chi connectivity index (χ4v) is 3.96. The van der Waals surface area contributed by atoms with Gasteiger partial charge >= 0.3 is 5.97 Å². The second kappa shape index (κ2) is 12.5. The second-order valence-corrected chi connectivity index (χ2v) is 9.63. The van der Waals surface area contributed by atoms with E-state index in [-0.39, 0.29) is 17.8 Å². The number of allylic oxidation sites excluding steroid dienone is 1. The van der Waals surface area contributed by atoms with Gasteiger partial charge in [-0.2, -0.15) is 0 Å². The van der Waals surface area contributed by atoms with Crippen LogP contribution in [0.2, 0.25) is 0 Å². The summed E-state index contributed by atoms with van der Waals surface area (Å²) in [6.07, 6.45) is 2.05. The Morgan fingerprint density at radius 3 is 2.56 bits per heavy atom. The number of thiocarbonyl (C=S) groups is 1. The summed E-state index contributed by atoms with van der Waals surface area (Å²) in [5.74, 6) is 0.343. The van der Waals surface area contributed by atoms with Gasteiger partial charge in [0.1, 0.15) is 5.75 Å². The van der Waals surface area contributed by atoms with E-state index in [4.69, 9.17) is 21.7 Å². The van der Waals surface area contributed by atoms with Crippen molar-refractivity contribution in [1.82, 2.24) is 10.2 Å². The third-order valence-electron chi connectivity index (χ3n) is 5.88. The van der Waals surface area contributed by atoms with Gasteiger partial charge in [0.15, 0.2) is 5.11 Å². The third kappa shape index (κ3) is 6.85. The molecule has 0 saturated heterocycles. The first-order chi connectivity index (χ1) is 17.2. The summed E-state index contributed by atoms with van der Waals surface area (Å²) in [5.41, 5.74) is 3.15. The highest BCUT2D eigenvalue weighted by Gasteiger charge is 2.33. The molecule has 2 aromatic carbocycles. The van der Waals surface area contributed by atoms with E-state index >= 15 is 0 Å². The molecule has 8 heteroatoms. The molecule has 1 heterocycles. The zero-order valence-corrected chi connectivity index (χ0v) is 22.4. The standard InChI is InChI=1S/C28H35N3O4S/c1-6-7-15-34-23-13-11-20(12-14-23)26(32)29-22-10-8-9-21(16-22)25-24(27(33)35-17-18(2)3)19(4)31(5)28(36)30-25/h8-14,16,18,25H,6-7,15,17H2,1-5H3,(H,29,32)(H,30,36)/t25-/m0/s1. The van der Waals surface area contributed by atoms with Gasteiger partial charge in [-0.1, -0.05) is 39.3 Å². The Bertz CT molecular complexity index is 1130. The van der Waals surface area contributed by atoms with Crippen molar-refractivity contribution >= 4 is 34.9 Å². The van der Waals surface area contributed by atoms with Crippen LogP contribution in [-0.2, 0) is 9.53 Å². The van der Waals surface area contributed by atoms with Crippen molar-refractivity contribution in [3.63, 3.8) is 0 Å². The number of carbonyl (C=O) groups excluding carboxylic acids is 2. The van der Waals surface area contributed by atoms with Crippen molar-refractivity contribution in [2.45, 2.75) is 46.6 Å². The lowest BCUT2D eigenvalue weighted by molar-refractivity contribution is -0.140. The van der Waals surface area contributed by atoms with E-state index in [1.54, 1.807) is 29.2 Å². The molecule has 7 nitrogen and oxygen atoms in total. The maximum atomic E-state index is 13.0. The van der Waals surface area contributed by atoms with Gasteiger partial charge in [-0.3, -0.25) is 4.79 Å². The number of unbranched alkanes of at least 4 members (excludes halogenated alkanes) is 1. The van der Waals surface area contributed by atoms with Gasteiger partial charge in [0.25, 0.3) is 5.91 Å². The number of rotatable bonds is 10. The number of nitrogens with one attached hydrogen (secondary N) is 2. The van der Waals surface area contributed by atoms with Gasteiger partial charge in [-0.25, -0.2) is 4.79 Å². The predicted molar refractivity (Wildman–Crippen MR) is 146 cm³/mol. The minimum absolute atomic E-state index is 0.221. The number of benzene rings is 2. The maximum Gasteiger partial charge on any atom is 0.338 e. The van der Waals surface area contributed by atoms with Crippen molar-refractivity contribution < 1.29 is 19.1 Å². The molecule has 1 atom stereocenters. The summed E-state index contributed by atoms with van der Waals surface area (Å²) in [5, 5.41) is 6.69. The molecule has 0 saturated carbocycles. The molecule has 3 rings (SSSR count). The van der Waals surface area contributed by atoms with Gasteiger partial charge in [0.05, 0.1) is 24.8 Å². The maximum absolute atomic E-state index is 13.0.